The highest BCUT2D eigenvalue weighted by atomic mass is 16.6. The number of likely N-dealkylation sites (tertiary alicyclic amines) is 1. The van der Waals surface area contributed by atoms with Crippen LogP contribution in [0.1, 0.15) is 44.9 Å². The fourth-order valence-corrected chi connectivity index (χ4v) is 4.56. The van der Waals surface area contributed by atoms with Crippen molar-refractivity contribution in [3.63, 3.8) is 0 Å². The minimum Gasteiger partial charge on any atom is -0.469 e. The molecule has 0 radical (unpaired) electrons. The van der Waals surface area contributed by atoms with Crippen molar-refractivity contribution in [3.8, 4) is 0 Å². The summed E-state index contributed by atoms with van der Waals surface area (Å²) in [4.78, 5) is 26.9. The molecule has 1 aliphatic heterocycles. The first-order valence-electron chi connectivity index (χ1n) is 8.58. The molecule has 4 atom stereocenters. The summed E-state index contributed by atoms with van der Waals surface area (Å²) in [6, 6.07) is 0.426. The second kappa shape index (κ2) is 6.57. The Morgan fingerprint density at radius 2 is 1.77 bits per heavy atom. The number of carbonyl (C=O) groups excluding carboxylic acids is 2. The van der Waals surface area contributed by atoms with Crippen molar-refractivity contribution in [3.05, 3.63) is 0 Å². The monoisotopic (exact) mass is 309 g/mol. The van der Waals surface area contributed by atoms with Gasteiger partial charge in [0.25, 0.3) is 0 Å². The second-order valence-electron chi connectivity index (χ2n) is 7.18. The van der Waals surface area contributed by atoms with Crippen LogP contribution in [-0.4, -0.2) is 49.7 Å². The topological polar surface area (TPSA) is 55.8 Å². The van der Waals surface area contributed by atoms with E-state index in [4.69, 9.17) is 9.47 Å². The number of methoxy groups -OCH3 is 1. The Morgan fingerprint density at radius 1 is 1.05 bits per heavy atom. The molecule has 3 fully saturated rings. The Bertz CT molecular complexity index is 430. The van der Waals surface area contributed by atoms with Crippen LogP contribution in [-0.2, 0) is 19.1 Å². The predicted octanol–water partition coefficient (Wildman–Crippen LogP) is 1.99. The van der Waals surface area contributed by atoms with Crippen LogP contribution in [0.15, 0.2) is 0 Å². The maximum absolute atomic E-state index is 12.5. The van der Waals surface area contributed by atoms with Crippen LogP contribution in [0.3, 0.4) is 0 Å². The molecule has 0 aromatic heterocycles. The number of nitrogens with zero attached hydrogens (tertiary/aromatic N) is 1. The van der Waals surface area contributed by atoms with Gasteiger partial charge in [0, 0.05) is 19.0 Å². The van der Waals surface area contributed by atoms with E-state index < -0.39 is 0 Å². The first-order valence-corrected chi connectivity index (χ1v) is 8.58. The second-order valence-corrected chi connectivity index (χ2v) is 7.18. The summed E-state index contributed by atoms with van der Waals surface area (Å²) in [6.45, 7) is 0.891. The van der Waals surface area contributed by atoms with Crippen molar-refractivity contribution in [2.75, 3.05) is 20.7 Å². The third-order valence-electron chi connectivity index (χ3n) is 5.81. The van der Waals surface area contributed by atoms with E-state index in [0.29, 0.717) is 6.04 Å². The Morgan fingerprint density at radius 3 is 2.45 bits per heavy atom. The van der Waals surface area contributed by atoms with Gasteiger partial charge in [-0.2, -0.15) is 0 Å². The highest BCUT2D eigenvalue weighted by Crippen LogP contribution is 2.41. The zero-order chi connectivity index (χ0) is 15.7. The molecule has 0 aromatic rings. The number of carbonyl (C=O) groups is 2. The third kappa shape index (κ3) is 3.00. The van der Waals surface area contributed by atoms with Gasteiger partial charge in [-0.3, -0.25) is 9.59 Å². The molecule has 0 N–H and O–H groups in total. The SMILES string of the molecule is COC(=O)C1C(OC(=O)C2CCCCC2)CC2C[C@H]1CN2C. The van der Waals surface area contributed by atoms with Gasteiger partial charge in [0.1, 0.15) is 6.10 Å². The average Bonchev–Trinajstić information content (AvgIpc) is 2.82. The van der Waals surface area contributed by atoms with E-state index >= 15 is 0 Å². The van der Waals surface area contributed by atoms with Crippen LogP contribution in [0.4, 0.5) is 0 Å². The van der Waals surface area contributed by atoms with Crippen LogP contribution < -0.4 is 0 Å². The Kier molecular flexibility index (Phi) is 4.71. The lowest BCUT2D eigenvalue weighted by atomic mass is 9.78. The lowest BCUT2D eigenvalue weighted by molar-refractivity contribution is -0.169. The molecule has 2 saturated carbocycles. The van der Waals surface area contributed by atoms with Gasteiger partial charge in [-0.05, 0) is 32.2 Å². The molecule has 2 bridgehead atoms. The summed E-state index contributed by atoms with van der Waals surface area (Å²) in [5.41, 5.74) is 0. The lowest BCUT2D eigenvalue weighted by Crippen LogP contribution is -2.44. The number of hydrogen-bond donors (Lipinski definition) is 0. The summed E-state index contributed by atoms with van der Waals surface area (Å²) in [5.74, 6) is -0.328. The summed E-state index contributed by atoms with van der Waals surface area (Å²) in [5, 5.41) is 0. The van der Waals surface area contributed by atoms with Gasteiger partial charge in [-0.25, -0.2) is 0 Å². The predicted molar refractivity (Wildman–Crippen MR) is 81.1 cm³/mol. The number of esters is 2. The lowest BCUT2D eigenvalue weighted by Gasteiger charge is -2.35. The summed E-state index contributed by atoms with van der Waals surface area (Å²) in [6.07, 6.45) is 6.75. The Labute approximate surface area is 132 Å². The van der Waals surface area contributed by atoms with E-state index in [1.165, 1.54) is 13.5 Å². The average molecular weight is 309 g/mol. The van der Waals surface area contributed by atoms with Crippen molar-refractivity contribution in [2.24, 2.45) is 17.8 Å². The summed E-state index contributed by atoms with van der Waals surface area (Å²) in [7, 11) is 3.51. The first kappa shape index (κ1) is 15.8. The van der Waals surface area contributed by atoms with Gasteiger partial charge in [0.15, 0.2) is 0 Å². The molecule has 22 heavy (non-hydrogen) atoms. The van der Waals surface area contributed by atoms with Gasteiger partial charge >= 0.3 is 11.9 Å². The van der Waals surface area contributed by atoms with Crippen LogP contribution in [0.2, 0.25) is 0 Å². The van der Waals surface area contributed by atoms with E-state index in [1.807, 2.05) is 0 Å². The summed E-state index contributed by atoms with van der Waals surface area (Å²) >= 11 is 0. The van der Waals surface area contributed by atoms with Gasteiger partial charge < -0.3 is 14.4 Å². The fourth-order valence-electron chi connectivity index (χ4n) is 4.56. The molecular formula is C17H27NO4. The molecule has 3 unspecified atom stereocenters. The smallest absolute Gasteiger partial charge is 0.312 e. The number of hydrogen-bond acceptors (Lipinski definition) is 5. The number of ether oxygens (including phenoxy) is 2. The number of rotatable bonds is 3. The molecule has 0 spiro atoms. The maximum atomic E-state index is 12.5. The molecule has 3 rings (SSSR count). The minimum atomic E-state index is -0.310. The molecule has 1 saturated heterocycles. The van der Waals surface area contributed by atoms with Crippen molar-refractivity contribution in [2.45, 2.75) is 57.1 Å². The van der Waals surface area contributed by atoms with Gasteiger partial charge in [0.2, 0.25) is 0 Å². The number of fused-ring (bicyclic) bond motifs is 2. The zero-order valence-corrected chi connectivity index (χ0v) is 13.6. The van der Waals surface area contributed by atoms with Crippen LogP contribution in [0, 0.1) is 17.8 Å². The standard InChI is InChI=1S/C17H27NO4/c1-18-10-12-8-13(18)9-14(15(12)17(20)21-2)22-16(19)11-6-4-3-5-7-11/h11-15H,3-10H2,1-2H3/t12-,13?,14?,15?/m0/s1. The van der Waals surface area contributed by atoms with Crippen molar-refractivity contribution in [1.82, 2.24) is 4.90 Å². The van der Waals surface area contributed by atoms with Crippen molar-refractivity contribution >= 4 is 11.9 Å². The Balaban J connectivity index is 1.69. The molecule has 3 aliphatic rings. The molecule has 0 amide bonds. The normalized spacial score (nSPS) is 36.1. The fraction of sp³-hybridized carbons (Fsp3) is 0.882. The largest absolute Gasteiger partial charge is 0.469 e. The maximum Gasteiger partial charge on any atom is 0.312 e. The van der Waals surface area contributed by atoms with Gasteiger partial charge in [-0.1, -0.05) is 19.3 Å². The molecule has 1 heterocycles. The Hall–Kier alpha value is -1.10. The highest BCUT2D eigenvalue weighted by Gasteiger charge is 2.50. The molecule has 5 nitrogen and oxygen atoms in total. The third-order valence-corrected chi connectivity index (χ3v) is 5.81. The van der Waals surface area contributed by atoms with E-state index in [-0.39, 0.29) is 35.8 Å². The molecule has 0 aromatic carbocycles. The zero-order valence-electron chi connectivity index (χ0n) is 13.6. The van der Waals surface area contributed by atoms with E-state index in [0.717, 1.165) is 45.1 Å². The van der Waals surface area contributed by atoms with Gasteiger partial charge in [0.05, 0.1) is 18.9 Å². The van der Waals surface area contributed by atoms with Gasteiger partial charge in [-0.15, -0.1) is 0 Å². The van der Waals surface area contributed by atoms with Crippen molar-refractivity contribution < 1.29 is 19.1 Å². The van der Waals surface area contributed by atoms with Crippen LogP contribution >= 0.6 is 0 Å². The van der Waals surface area contributed by atoms with E-state index in [1.54, 1.807) is 0 Å². The van der Waals surface area contributed by atoms with Crippen LogP contribution in [0.5, 0.6) is 0 Å². The van der Waals surface area contributed by atoms with E-state index in [2.05, 4.69) is 11.9 Å². The quantitative estimate of drug-likeness (QED) is 0.746. The van der Waals surface area contributed by atoms with Crippen molar-refractivity contribution in [1.29, 1.82) is 0 Å². The molecule has 2 aliphatic carbocycles. The van der Waals surface area contributed by atoms with E-state index in [9.17, 15) is 9.59 Å². The summed E-state index contributed by atoms with van der Waals surface area (Å²) < 4.78 is 10.8. The van der Waals surface area contributed by atoms with Crippen LogP contribution in [0.25, 0.3) is 0 Å². The minimum absolute atomic E-state index is 0.0318. The first-order chi connectivity index (χ1) is 10.6. The molecule has 5 heteroatoms. The molecular weight excluding hydrogens is 282 g/mol. The molecule has 124 valence electrons. The highest BCUT2D eigenvalue weighted by molar-refractivity contribution is 5.76.